The summed E-state index contributed by atoms with van der Waals surface area (Å²) in [5, 5.41) is 3.35. The maximum Gasteiger partial charge on any atom is 0.0403 e. The van der Waals surface area contributed by atoms with E-state index in [1.54, 1.807) is 0 Å². The molecule has 0 aliphatic rings. The van der Waals surface area contributed by atoms with Crippen molar-refractivity contribution in [1.82, 2.24) is 5.32 Å². The lowest BCUT2D eigenvalue weighted by Crippen LogP contribution is -2.18. The Balaban J connectivity index is 2.50. The minimum absolute atomic E-state index is 0.0318. The number of aryl methyl sites for hydroxylation is 1. The third-order valence-electron chi connectivity index (χ3n) is 4.81. The van der Waals surface area contributed by atoms with Gasteiger partial charge in [-0.1, -0.05) is 80.6 Å². The van der Waals surface area contributed by atoms with E-state index in [-0.39, 0.29) is 5.41 Å². The van der Waals surface area contributed by atoms with Crippen molar-refractivity contribution in [1.29, 1.82) is 0 Å². The first kappa shape index (κ1) is 18.1. The zero-order valence-electron chi connectivity index (χ0n) is 15.7. The molecule has 2 rings (SSSR count). The summed E-state index contributed by atoms with van der Waals surface area (Å²) in [4.78, 5) is 0. The predicted octanol–water partition coefficient (Wildman–Crippen LogP) is 6.14. The molecule has 0 fully saturated rings. The Morgan fingerprint density at radius 3 is 2.38 bits per heavy atom. The highest BCUT2D eigenvalue weighted by molar-refractivity contribution is 5.69. The molecule has 0 saturated heterocycles. The number of allylic oxidation sites excluding steroid dienone is 2. The molecule has 0 aromatic heterocycles. The molecule has 0 amide bonds. The Labute approximate surface area is 147 Å². The Hall–Kier alpha value is -2.28. The van der Waals surface area contributed by atoms with Crippen molar-refractivity contribution in [2.45, 2.75) is 46.6 Å². The second kappa shape index (κ2) is 7.09. The molecule has 24 heavy (non-hydrogen) atoms. The minimum Gasteiger partial charge on any atom is -0.385 e. The van der Waals surface area contributed by atoms with Crippen LogP contribution in [0.4, 0.5) is 0 Å². The molecule has 0 unspecified atom stereocenters. The maximum atomic E-state index is 4.17. The lowest BCUT2D eigenvalue weighted by Gasteiger charge is -2.26. The van der Waals surface area contributed by atoms with Gasteiger partial charge in [0.05, 0.1) is 0 Å². The van der Waals surface area contributed by atoms with Gasteiger partial charge in [-0.05, 0) is 43.0 Å². The van der Waals surface area contributed by atoms with Crippen LogP contribution in [0.25, 0.3) is 11.1 Å². The number of hydrogen-bond donors (Lipinski definition) is 1. The summed E-state index contributed by atoms with van der Waals surface area (Å²) in [6, 6.07) is 15.5. The zero-order valence-corrected chi connectivity index (χ0v) is 15.7. The van der Waals surface area contributed by atoms with Gasteiger partial charge in [-0.2, -0.15) is 0 Å². The topological polar surface area (TPSA) is 12.0 Å². The molecule has 0 aliphatic carbocycles. The Bertz CT molecular complexity index is 765. The average molecular weight is 319 g/mol. The summed E-state index contributed by atoms with van der Waals surface area (Å²) in [6.45, 7) is 19.6. The van der Waals surface area contributed by atoms with Crippen molar-refractivity contribution in [3.8, 4) is 11.1 Å². The fourth-order valence-electron chi connectivity index (χ4n) is 2.68. The SMILES string of the molecule is C=C(C)NCc1ccc(C)cc1-c1cccc(C(C)(C)C(=C)C)c1. The molecule has 0 spiro atoms. The molecule has 1 N–H and O–H groups in total. The van der Waals surface area contributed by atoms with Crippen molar-refractivity contribution in [3.63, 3.8) is 0 Å². The number of rotatable bonds is 6. The summed E-state index contributed by atoms with van der Waals surface area (Å²) >= 11 is 0. The fourth-order valence-corrected chi connectivity index (χ4v) is 2.68. The van der Waals surface area contributed by atoms with Crippen LogP contribution in [0.5, 0.6) is 0 Å². The zero-order chi connectivity index (χ0) is 17.9. The minimum atomic E-state index is -0.0318. The molecule has 2 aromatic rings. The molecule has 1 heteroatoms. The van der Waals surface area contributed by atoms with Crippen molar-refractivity contribution in [2.75, 3.05) is 0 Å². The first-order valence-corrected chi connectivity index (χ1v) is 8.47. The van der Waals surface area contributed by atoms with E-state index in [1.165, 1.54) is 33.4 Å². The number of benzene rings is 2. The van der Waals surface area contributed by atoms with Gasteiger partial charge in [0, 0.05) is 17.7 Å². The van der Waals surface area contributed by atoms with Crippen molar-refractivity contribution < 1.29 is 0 Å². The summed E-state index contributed by atoms with van der Waals surface area (Å²) in [6.07, 6.45) is 0. The predicted molar refractivity (Wildman–Crippen MR) is 106 cm³/mol. The summed E-state index contributed by atoms with van der Waals surface area (Å²) in [7, 11) is 0. The van der Waals surface area contributed by atoms with Crippen LogP contribution in [0.1, 0.15) is 44.4 Å². The van der Waals surface area contributed by atoms with Crippen molar-refractivity contribution in [3.05, 3.63) is 83.6 Å². The standard InChI is InChI=1S/C23H29N/c1-16(2)23(6,7)21-10-8-9-19(14-21)22-13-18(5)11-12-20(22)15-24-17(3)4/h8-14,24H,1,3,15H2,2,4-7H3. The van der Waals surface area contributed by atoms with E-state index >= 15 is 0 Å². The molecule has 1 nitrogen and oxygen atoms in total. The Kier molecular flexibility index (Phi) is 5.33. The molecule has 0 atom stereocenters. The summed E-state index contributed by atoms with van der Waals surface area (Å²) in [5.74, 6) is 0. The lowest BCUT2D eigenvalue weighted by molar-refractivity contribution is 0.626. The van der Waals surface area contributed by atoms with E-state index < -0.39 is 0 Å². The van der Waals surface area contributed by atoms with E-state index in [0.717, 1.165) is 12.2 Å². The average Bonchev–Trinajstić information content (AvgIpc) is 2.53. The molecule has 0 bridgehead atoms. The Morgan fingerprint density at radius 2 is 1.75 bits per heavy atom. The van der Waals surface area contributed by atoms with Gasteiger partial charge in [-0.25, -0.2) is 0 Å². The molecule has 0 saturated carbocycles. The second-order valence-corrected chi connectivity index (χ2v) is 7.28. The third kappa shape index (κ3) is 3.97. The maximum absolute atomic E-state index is 4.17. The molecule has 2 aromatic carbocycles. The number of nitrogens with one attached hydrogen (secondary N) is 1. The van der Waals surface area contributed by atoms with E-state index in [4.69, 9.17) is 0 Å². The van der Waals surface area contributed by atoms with Crippen molar-refractivity contribution in [2.24, 2.45) is 0 Å². The monoisotopic (exact) mass is 319 g/mol. The van der Waals surface area contributed by atoms with E-state index in [9.17, 15) is 0 Å². The van der Waals surface area contributed by atoms with E-state index in [2.05, 4.69) is 88.6 Å². The van der Waals surface area contributed by atoms with Crippen LogP contribution in [0.2, 0.25) is 0 Å². The Morgan fingerprint density at radius 1 is 1.04 bits per heavy atom. The van der Waals surface area contributed by atoms with Crippen LogP contribution >= 0.6 is 0 Å². The van der Waals surface area contributed by atoms with Gasteiger partial charge >= 0.3 is 0 Å². The summed E-state index contributed by atoms with van der Waals surface area (Å²) in [5.41, 5.74) is 8.52. The normalized spacial score (nSPS) is 11.2. The van der Waals surface area contributed by atoms with Gasteiger partial charge in [0.25, 0.3) is 0 Å². The van der Waals surface area contributed by atoms with Crippen LogP contribution < -0.4 is 5.32 Å². The smallest absolute Gasteiger partial charge is 0.0403 e. The highest BCUT2D eigenvalue weighted by Crippen LogP contribution is 2.34. The van der Waals surface area contributed by atoms with Crippen LogP contribution in [0.15, 0.2) is 66.9 Å². The first-order valence-electron chi connectivity index (χ1n) is 8.47. The molecular weight excluding hydrogens is 290 g/mol. The summed E-state index contributed by atoms with van der Waals surface area (Å²) < 4.78 is 0. The third-order valence-corrected chi connectivity index (χ3v) is 4.81. The van der Waals surface area contributed by atoms with Gasteiger partial charge in [-0.15, -0.1) is 0 Å². The van der Waals surface area contributed by atoms with Gasteiger partial charge in [-0.3, -0.25) is 0 Å². The van der Waals surface area contributed by atoms with Gasteiger partial charge in [0.1, 0.15) is 0 Å². The van der Waals surface area contributed by atoms with Crippen molar-refractivity contribution >= 4 is 0 Å². The van der Waals surface area contributed by atoms with E-state index in [1.807, 2.05) is 6.92 Å². The quantitative estimate of drug-likeness (QED) is 0.631. The largest absolute Gasteiger partial charge is 0.385 e. The number of hydrogen-bond acceptors (Lipinski definition) is 1. The van der Waals surface area contributed by atoms with Crippen LogP contribution in [-0.4, -0.2) is 0 Å². The highest BCUT2D eigenvalue weighted by Gasteiger charge is 2.21. The first-order chi connectivity index (χ1) is 11.2. The fraction of sp³-hybridized carbons (Fsp3) is 0.304. The second-order valence-electron chi connectivity index (χ2n) is 7.28. The van der Waals surface area contributed by atoms with Crippen LogP contribution in [0, 0.1) is 6.92 Å². The van der Waals surface area contributed by atoms with Gasteiger partial charge in [0.15, 0.2) is 0 Å². The molecular formula is C23H29N. The van der Waals surface area contributed by atoms with E-state index in [0.29, 0.717) is 0 Å². The molecule has 126 valence electrons. The molecule has 0 radical (unpaired) electrons. The molecule has 0 heterocycles. The van der Waals surface area contributed by atoms with Gasteiger partial charge in [0.2, 0.25) is 0 Å². The molecule has 0 aliphatic heterocycles. The van der Waals surface area contributed by atoms with Crippen LogP contribution in [-0.2, 0) is 12.0 Å². The lowest BCUT2D eigenvalue weighted by atomic mass is 9.78. The van der Waals surface area contributed by atoms with Crippen LogP contribution in [0.3, 0.4) is 0 Å². The highest BCUT2D eigenvalue weighted by atomic mass is 14.9. The van der Waals surface area contributed by atoms with Gasteiger partial charge < -0.3 is 5.32 Å².